The van der Waals surface area contributed by atoms with Crippen LogP contribution in [0, 0.1) is 0 Å². The number of rotatable bonds is 5. The number of nitrogens with zero attached hydrogens (tertiary/aromatic N) is 1. The summed E-state index contributed by atoms with van der Waals surface area (Å²) in [7, 11) is -1.79. The maximum atomic E-state index is 13.0. The molecule has 2 aromatic carbocycles. The predicted octanol–water partition coefficient (Wildman–Crippen LogP) is 3.13. The van der Waals surface area contributed by atoms with Crippen LogP contribution in [-0.4, -0.2) is 32.8 Å². The molecule has 2 aromatic rings. The molecule has 0 radical (unpaired) electrons. The second-order valence-corrected chi connectivity index (χ2v) is 8.32. The van der Waals surface area contributed by atoms with Gasteiger partial charge in [0.2, 0.25) is 10.0 Å². The van der Waals surface area contributed by atoms with E-state index < -0.39 is 10.0 Å². The fraction of sp³-hybridized carbons (Fsp3) is 0.350. The lowest BCUT2D eigenvalue weighted by molar-refractivity contribution is 0.0715. The van der Waals surface area contributed by atoms with Crippen LogP contribution >= 0.6 is 0 Å². The molecule has 0 saturated carbocycles. The second-order valence-electron chi connectivity index (χ2n) is 6.55. The van der Waals surface area contributed by atoms with Gasteiger partial charge in [0.1, 0.15) is 0 Å². The van der Waals surface area contributed by atoms with E-state index in [0.29, 0.717) is 12.1 Å². The number of amides is 1. The summed E-state index contributed by atoms with van der Waals surface area (Å²) in [5.74, 6) is -0.166. The minimum atomic E-state index is -3.59. The summed E-state index contributed by atoms with van der Waals surface area (Å²) in [6, 6.07) is 14.5. The number of sulfonamides is 1. The standard InChI is InChI=1S/C20H24N2O3S/c1-3-21-26(24,25)17-11-6-10-16(14-17)20(23)22(2)19-13-7-9-15-8-4-5-12-18(15)19/h4-6,8,10-12,14,19,21H,3,7,9,13H2,1-2H3/t19-/m1/s1. The Labute approximate surface area is 155 Å². The van der Waals surface area contributed by atoms with Crippen molar-refractivity contribution >= 4 is 15.9 Å². The number of benzene rings is 2. The highest BCUT2D eigenvalue weighted by molar-refractivity contribution is 7.89. The smallest absolute Gasteiger partial charge is 0.254 e. The van der Waals surface area contributed by atoms with E-state index in [4.69, 9.17) is 0 Å². The molecule has 26 heavy (non-hydrogen) atoms. The number of hydrogen-bond donors (Lipinski definition) is 1. The Balaban J connectivity index is 1.89. The third kappa shape index (κ3) is 3.66. The van der Waals surface area contributed by atoms with Gasteiger partial charge in [-0.05, 0) is 48.6 Å². The summed E-state index contributed by atoms with van der Waals surface area (Å²) in [5.41, 5.74) is 2.85. The van der Waals surface area contributed by atoms with E-state index in [1.165, 1.54) is 23.3 Å². The number of hydrogen-bond acceptors (Lipinski definition) is 3. The first-order valence-corrected chi connectivity index (χ1v) is 10.4. The molecule has 1 aliphatic carbocycles. The van der Waals surface area contributed by atoms with E-state index in [1.807, 2.05) is 12.1 Å². The topological polar surface area (TPSA) is 66.5 Å². The van der Waals surface area contributed by atoms with Crippen LogP contribution < -0.4 is 4.72 Å². The van der Waals surface area contributed by atoms with Gasteiger partial charge in [0.15, 0.2) is 0 Å². The second kappa shape index (κ2) is 7.60. The van der Waals surface area contributed by atoms with Gasteiger partial charge in [-0.15, -0.1) is 0 Å². The third-order valence-corrected chi connectivity index (χ3v) is 6.39. The molecule has 0 unspecified atom stereocenters. The molecule has 0 saturated heterocycles. The molecule has 0 fully saturated rings. The number of fused-ring (bicyclic) bond motifs is 1. The van der Waals surface area contributed by atoms with Gasteiger partial charge in [0.05, 0.1) is 10.9 Å². The van der Waals surface area contributed by atoms with Gasteiger partial charge in [0.25, 0.3) is 5.91 Å². The highest BCUT2D eigenvalue weighted by Gasteiger charge is 2.27. The van der Waals surface area contributed by atoms with Gasteiger partial charge in [-0.2, -0.15) is 0 Å². The van der Waals surface area contributed by atoms with E-state index in [0.717, 1.165) is 19.3 Å². The molecule has 3 rings (SSSR count). The monoisotopic (exact) mass is 372 g/mol. The largest absolute Gasteiger partial charge is 0.335 e. The minimum Gasteiger partial charge on any atom is -0.335 e. The van der Waals surface area contributed by atoms with Crippen molar-refractivity contribution in [1.29, 1.82) is 0 Å². The van der Waals surface area contributed by atoms with Crippen molar-refractivity contribution < 1.29 is 13.2 Å². The Hall–Kier alpha value is -2.18. The zero-order valence-electron chi connectivity index (χ0n) is 15.1. The van der Waals surface area contributed by atoms with E-state index in [9.17, 15) is 13.2 Å². The molecule has 0 aliphatic heterocycles. The van der Waals surface area contributed by atoms with E-state index in [1.54, 1.807) is 31.0 Å². The van der Waals surface area contributed by atoms with Crippen molar-refractivity contribution in [2.75, 3.05) is 13.6 Å². The summed E-state index contributed by atoms with van der Waals surface area (Å²) in [6.07, 6.45) is 2.98. The molecule has 5 nitrogen and oxygen atoms in total. The first-order chi connectivity index (χ1) is 12.4. The predicted molar refractivity (Wildman–Crippen MR) is 102 cm³/mol. The fourth-order valence-corrected chi connectivity index (χ4v) is 4.63. The van der Waals surface area contributed by atoms with E-state index in [2.05, 4.69) is 16.9 Å². The number of carbonyl (C=O) groups is 1. The van der Waals surface area contributed by atoms with E-state index >= 15 is 0 Å². The first kappa shape index (κ1) is 18.6. The molecule has 138 valence electrons. The van der Waals surface area contributed by atoms with Crippen LogP contribution in [0.4, 0.5) is 0 Å². The number of carbonyl (C=O) groups excluding carboxylic acids is 1. The summed E-state index contributed by atoms with van der Waals surface area (Å²) < 4.78 is 26.9. The van der Waals surface area contributed by atoms with Gasteiger partial charge < -0.3 is 4.90 Å². The Kier molecular flexibility index (Phi) is 5.44. The van der Waals surface area contributed by atoms with E-state index in [-0.39, 0.29) is 16.8 Å². The third-order valence-electron chi connectivity index (χ3n) is 4.85. The molecule has 0 heterocycles. The van der Waals surface area contributed by atoms with Crippen LogP contribution in [0.25, 0.3) is 0 Å². The van der Waals surface area contributed by atoms with Gasteiger partial charge in [-0.3, -0.25) is 4.79 Å². The van der Waals surface area contributed by atoms with Crippen molar-refractivity contribution in [3.05, 3.63) is 65.2 Å². The lowest BCUT2D eigenvalue weighted by Gasteiger charge is -2.33. The lowest BCUT2D eigenvalue weighted by atomic mass is 9.87. The van der Waals surface area contributed by atoms with Crippen molar-refractivity contribution in [2.45, 2.75) is 37.1 Å². The maximum Gasteiger partial charge on any atom is 0.254 e. The van der Waals surface area contributed by atoms with Gasteiger partial charge in [-0.25, -0.2) is 13.1 Å². The van der Waals surface area contributed by atoms with Gasteiger partial charge >= 0.3 is 0 Å². The molecular weight excluding hydrogens is 348 g/mol. The fourth-order valence-electron chi connectivity index (χ4n) is 3.55. The molecule has 0 aromatic heterocycles. The van der Waals surface area contributed by atoms with Crippen molar-refractivity contribution in [3.63, 3.8) is 0 Å². The Morgan fingerprint density at radius 2 is 1.96 bits per heavy atom. The molecule has 1 N–H and O–H groups in total. The summed E-state index contributed by atoms with van der Waals surface area (Å²) in [5, 5.41) is 0. The zero-order chi connectivity index (χ0) is 18.7. The molecule has 1 aliphatic rings. The molecule has 0 spiro atoms. The van der Waals surface area contributed by atoms with Crippen molar-refractivity contribution in [2.24, 2.45) is 0 Å². The molecule has 0 bridgehead atoms. The van der Waals surface area contributed by atoms with Crippen LogP contribution in [0.5, 0.6) is 0 Å². The minimum absolute atomic E-state index is 0.0153. The van der Waals surface area contributed by atoms with Crippen LogP contribution in [0.1, 0.15) is 47.3 Å². The molecule has 1 atom stereocenters. The average Bonchev–Trinajstić information content (AvgIpc) is 2.66. The SMILES string of the molecule is CCNS(=O)(=O)c1cccc(C(=O)N(C)[C@@H]2CCCc3ccccc32)c1. The number of nitrogens with one attached hydrogen (secondary N) is 1. The lowest BCUT2D eigenvalue weighted by Crippen LogP contribution is -2.33. The highest BCUT2D eigenvalue weighted by Crippen LogP contribution is 2.34. The first-order valence-electron chi connectivity index (χ1n) is 8.88. The van der Waals surface area contributed by atoms with Gasteiger partial charge in [-0.1, -0.05) is 37.3 Å². The molecule has 1 amide bonds. The Morgan fingerprint density at radius 3 is 2.73 bits per heavy atom. The Morgan fingerprint density at radius 1 is 1.19 bits per heavy atom. The molecule has 6 heteroatoms. The quantitative estimate of drug-likeness (QED) is 0.877. The van der Waals surface area contributed by atoms with Crippen LogP contribution in [0.3, 0.4) is 0 Å². The van der Waals surface area contributed by atoms with Crippen molar-refractivity contribution in [3.8, 4) is 0 Å². The van der Waals surface area contributed by atoms with Gasteiger partial charge in [0, 0.05) is 19.2 Å². The zero-order valence-corrected chi connectivity index (χ0v) is 15.9. The summed E-state index contributed by atoms with van der Waals surface area (Å²) >= 11 is 0. The molecular formula is C20H24N2O3S. The van der Waals surface area contributed by atoms with Crippen LogP contribution in [0.2, 0.25) is 0 Å². The van der Waals surface area contributed by atoms with Crippen LogP contribution in [0.15, 0.2) is 53.4 Å². The number of aryl methyl sites for hydroxylation is 1. The summed E-state index contributed by atoms with van der Waals surface area (Å²) in [6.45, 7) is 2.03. The Bertz CT molecular complexity index is 909. The normalized spacial score (nSPS) is 16.8. The average molecular weight is 372 g/mol. The highest BCUT2D eigenvalue weighted by atomic mass is 32.2. The van der Waals surface area contributed by atoms with Crippen molar-refractivity contribution in [1.82, 2.24) is 9.62 Å². The maximum absolute atomic E-state index is 13.0. The summed E-state index contributed by atoms with van der Waals surface area (Å²) in [4.78, 5) is 14.8. The van der Waals surface area contributed by atoms with Crippen LogP contribution in [-0.2, 0) is 16.4 Å².